The summed E-state index contributed by atoms with van der Waals surface area (Å²) in [5.74, 6) is 2.70. The number of nitrogens with zero attached hydrogens (tertiary/aromatic N) is 7. The molecule has 8 heteroatoms. The van der Waals surface area contributed by atoms with Crippen molar-refractivity contribution in [3.8, 4) is 6.07 Å². The van der Waals surface area contributed by atoms with E-state index < -0.39 is 0 Å². The summed E-state index contributed by atoms with van der Waals surface area (Å²) in [6.45, 7) is 8.63. The Morgan fingerprint density at radius 2 is 1.63 bits per heavy atom. The largest absolute Gasteiger partial charge is 0.378 e. The maximum absolute atomic E-state index is 8.91. The van der Waals surface area contributed by atoms with E-state index in [2.05, 4.69) is 36.8 Å². The Morgan fingerprint density at radius 1 is 0.926 bits per heavy atom. The van der Waals surface area contributed by atoms with Gasteiger partial charge >= 0.3 is 0 Å². The second-order valence-corrected chi connectivity index (χ2v) is 6.76. The normalized spacial score (nSPS) is 17.7. The van der Waals surface area contributed by atoms with Crippen LogP contribution in [0.3, 0.4) is 0 Å². The van der Waals surface area contributed by atoms with Crippen LogP contribution in [0.4, 0.5) is 17.6 Å². The van der Waals surface area contributed by atoms with E-state index in [1.807, 2.05) is 19.1 Å². The van der Waals surface area contributed by atoms with Gasteiger partial charge in [0.25, 0.3) is 0 Å². The highest BCUT2D eigenvalue weighted by molar-refractivity contribution is 5.49. The van der Waals surface area contributed by atoms with Gasteiger partial charge in [-0.2, -0.15) is 10.2 Å². The van der Waals surface area contributed by atoms with Crippen LogP contribution in [-0.2, 0) is 4.74 Å². The Kier molecular flexibility index (Phi) is 5.03. The molecule has 2 saturated heterocycles. The highest BCUT2D eigenvalue weighted by Crippen LogP contribution is 2.21. The number of morpholine rings is 1. The number of aryl methyl sites for hydroxylation is 1. The molecule has 2 fully saturated rings. The number of ether oxygens (including phenoxy) is 1. The van der Waals surface area contributed by atoms with E-state index in [1.165, 1.54) is 0 Å². The Hall–Kier alpha value is -2.92. The second-order valence-electron chi connectivity index (χ2n) is 6.76. The molecule has 2 aromatic rings. The molecule has 0 amide bonds. The molecule has 8 nitrogen and oxygen atoms in total. The number of hydrogen-bond donors (Lipinski definition) is 0. The molecule has 4 heterocycles. The number of rotatable bonds is 3. The van der Waals surface area contributed by atoms with Gasteiger partial charge in [0.1, 0.15) is 17.7 Å². The molecule has 2 aliphatic heterocycles. The summed E-state index contributed by atoms with van der Waals surface area (Å²) in [4.78, 5) is 20.6. The standard InChI is InChI=1S/C19H23N7O/c1-15-12-18(23-19(22-15)26-8-10-27-11-9-26)25-6-4-24(5-7-25)17-3-2-16(13-20)14-21-17/h2-3,12,14H,4-11H2,1H3. The fourth-order valence-corrected chi connectivity index (χ4v) is 3.41. The van der Waals surface area contributed by atoms with Crippen molar-refractivity contribution in [3.63, 3.8) is 0 Å². The van der Waals surface area contributed by atoms with Crippen LogP contribution in [0.15, 0.2) is 24.4 Å². The third-order valence-electron chi connectivity index (χ3n) is 4.93. The maximum atomic E-state index is 8.91. The first kappa shape index (κ1) is 17.5. The first-order valence-corrected chi connectivity index (χ1v) is 9.27. The molecule has 0 atom stereocenters. The van der Waals surface area contributed by atoms with Crippen LogP contribution >= 0.6 is 0 Å². The molecule has 0 bridgehead atoms. The van der Waals surface area contributed by atoms with Gasteiger partial charge in [-0.05, 0) is 19.1 Å². The van der Waals surface area contributed by atoms with E-state index in [1.54, 1.807) is 6.20 Å². The highest BCUT2D eigenvalue weighted by Gasteiger charge is 2.21. The zero-order chi connectivity index (χ0) is 18.6. The van der Waals surface area contributed by atoms with E-state index >= 15 is 0 Å². The monoisotopic (exact) mass is 365 g/mol. The van der Waals surface area contributed by atoms with E-state index in [9.17, 15) is 0 Å². The zero-order valence-electron chi connectivity index (χ0n) is 15.5. The summed E-state index contributed by atoms with van der Waals surface area (Å²) in [6, 6.07) is 7.90. The van der Waals surface area contributed by atoms with Gasteiger partial charge in [-0.1, -0.05) is 0 Å². The minimum atomic E-state index is 0.587. The van der Waals surface area contributed by atoms with Crippen molar-refractivity contribution in [1.29, 1.82) is 5.26 Å². The predicted octanol–water partition coefficient (Wildman–Crippen LogP) is 1.21. The van der Waals surface area contributed by atoms with Crippen molar-refractivity contribution in [1.82, 2.24) is 15.0 Å². The lowest BCUT2D eigenvalue weighted by atomic mass is 10.2. The topological polar surface area (TPSA) is 81.4 Å². The van der Waals surface area contributed by atoms with Gasteiger partial charge in [0, 0.05) is 57.2 Å². The SMILES string of the molecule is Cc1cc(N2CCN(c3ccc(C#N)cn3)CC2)nc(N2CCOCC2)n1. The summed E-state index contributed by atoms with van der Waals surface area (Å²) in [6.07, 6.45) is 1.63. The number of aromatic nitrogens is 3. The van der Waals surface area contributed by atoms with Crippen molar-refractivity contribution < 1.29 is 4.74 Å². The molecule has 0 radical (unpaired) electrons. The van der Waals surface area contributed by atoms with Gasteiger partial charge in [0.05, 0.1) is 18.8 Å². The zero-order valence-corrected chi connectivity index (χ0v) is 15.5. The number of piperazine rings is 1. The number of nitriles is 1. The van der Waals surface area contributed by atoms with E-state index in [0.29, 0.717) is 5.56 Å². The molecule has 0 spiro atoms. The molecule has 4 rings (SSSR count). The fourth-order valence-electron chi connectivity index (χ4n) is 3.41. The first-order chi connectivity index (χ1) is 13.2. The lowest BCUT2D eigenvalue weighted by molar-refractivity contribution is 0.122. The van der Waals surface area contributed by atoms with Gasteiger partial charge in [-0.3, -0.25) is 0 Å². The van der Waals surface area contributed by atoms with Gasteiger partial charge in [0.2, 0.25) is 5.95 Å². The molecular formula is C19H23N7O. The number of hydrogen-bond acceptors (Lipinski definition) is 8. The van der Waals surface area contributed by atoms with Crippen LogP contribution in [0.25, 0.3) is 0 Å². The van der Waals surface area contributed by atoms with Crippen molar-refractivity contribution in [2.24, 2.45) is 0 Å². The second kappa shape index (κ2) is 7.76. The summed E-state index contributed by atoms with van der Waals surface area (Å²) in [5.41, 5.74) is 1.57. The lowest BCUT2D eigenvalue weighted by Gasteiger charge is -2.36. The quantitative estimate of drug-likeness (QED) is 0.803. The molecule has 0 aromatic carbocycles. The molecule has 0 saturated carbocycles. The van der Waals surface area contributed by atoms with E-state index in [0.717, 1.165) is 75.8 Å². The highest BCUT2D eigenvalue weighted by atomic mass is 16.5. The van der Waals surface area contributed by atoms with Crippen LogP contribution in [0.2, 0.25) is 0 Å². The molecular weight excluding hydrogens is 342 g/mol. The summed E-state index contributed by atoms with van der Waals surface area (Å²) in [7, 11) is 0. The predicted molar refractivity (Wildman–Crippen MR) is 103 cm³/mol. The summed E-state index contributed by atoms with van der Waals surface area (Å²) >= 11 is 0. The summed E-state index contributed by atoms with van der Waals surface area (Å²) in [5, 5.41) is 8.91. The minimum absolute atomic E-state index is 0.587. The molecule has 0 N–H and O–H groups in total. The molecule has 0 unspecified atom stereocenters. The third kappa shape index (κ3) is 3.93. The van der Waals surface area contributed by atoms with Crippen molar-refractivity contribution >= 4 is 17.6 Å². The number of anilines is 3. The Balaban J connectivity index is 1.44. The van der Waals surface area contributed by atoms with Crippen molar-refractivity contribution in [2.45, 2.75) is 6.92 Å². The third-order valence-corrected chi connectivity index (χ3v) is 4.93. The van der Waals surface area contributed by atoms with Crippen LogP contribution in [0.1, 0.15) is 11.3 Å². The Bertz CT molecular complexity index is 819. The Morgan fingerprint density at radius 3 is 2.26 bits per heavy atom. The number of pyridine rings is 1. The Labute approximate surface area is 159 Å². The van der Waals surface area contributed by atoms with Gasteiger partial charge in [-0.25, -0.2) is 9.97 Å². The van der Waals surface area contributed by atoms with Crippen LogP contribution in [0.5, 0.6) is 0 Å². The van der Waals surface area contributed by atoms with Crippen molar-refractivity contribution in [3.05, 3.63) is 35.7 Å². The molecule has 0 aliphatic carbocycles. The van der Waals surface area contributed by atoms with Crippen LogP contribution in [0, 0.1) is 18.3 Å². The van der Waals surface area contributed by atoms with Crippen molar-refractivity contribution in [2.75, 3.05) is 67.2 Å². The van der Waals surface area contributed by atoms with Crippen LogP contribution in [-0.4, -0.2) is 67.4 Å². The van der Waals surface area contributed by atoms with Gasteiger partial charge in [-0.15, -0.1) is 0 Å². The molecule has 27 heavy (non-hydrogen) atoms. The average molecular weight is 365 g/mol. The fraction of sp³-hybridized carbons (Fsp3) is 0.474. The average Bonchev–Trinajstić information content (AvgIpc) is 2.74. The van der Waals surface area contributed by atoms with Gasteiger partial charge < -0.3 is 19.4 Å². The first-order valence-electron chi connectivity index (χ1n) is 9.27. The lowest BCUT2D eigenvalue weighted by Crippen LogP contribution is -2.47. The smallest absolute Gasteiger partial charge is 0.227 e. The van der Waals surface area contributed by atoms with Crippen LogP contribution < -0.4 is 14.7 Å². The maximum Gasteiger partial charge on any atom is 0.227 e. The van der Waals surface area contributed by atoms with E-state index in [-0.39, 0.29) is 0 Å². The van der Waals surface area contributed by atoms with Gasteiger partial charge in [0.15, 0.2) is 0 Å². The molecule has 2 aliphatic rings. The summed E-state index contributed by atoms with van der Waals surface area (Å²) < 4.78 is 5.43. The minimum Gasteiger partial charge on any atom is -0.378 e. The molecule has 140 valence electrons. The van der Waals surface area contributed by atoms with E-state index in [4.69, 9.17) is 15.0 Å². The molecule has 2 aromatic heterocycles.